The van der Waals surface area contributed by atoms with E-state index in [1.807, 2.05) is 38.1 Å². The molecule has 0 aliphatic rings. The smallest absolute Gasteiger partial charge is 0.261 e. The van der Waals surface area contributed by atoms with Crippen molar-refractivity contribution in [3.05, 3.63) is 59.2 Å². The Morgan fingerprint density at radius 3 is 2.44 bits per heavy atom. The fraction of sp³-hybridized carbons (Fsp3) is 0.381. The van der Waals surface area contributed by atoms with E-state index >= 15 is 0 Å². The van der Waals surface area contributed by atoms with E-state index in [1.165, 1.54) is 5.56 Å². The Morgan fingerprint density at radius 2 is 1.80 bits per heavy atom. The number of carbonyl (C=O) groups is 1. The Morgan fingerprint density at radius 1 is 1.12 bits per heavy atom. The average molecular weight is 341 g/mol. The van der Waals surface area contributed by atoms with Gasteiger partial charge in [-0.2, -0.15) is 0 Å². The van der Waals surface area contributed by atoms with Gasteiger partial charge in [-0.25, -0.2) is 0 Å². The van der Waals surface area contributed by atoms with Gasteiger partial charge in [-0.05, 0) is 50.5 Å². The summed E-state index contributed by atoms with van der Waals surface area (Å²) in [5, 5.41) is 3.07. The molecule has 4 heteroatoms. The molecule has 1 N–H and O–H groups in total. The standard InChI is InChI=1S/C21H27NO3/c1-6-18(25-20-10-8-7-9-19(20)24-5)21(23)22-16(4)17-13-14(2)11-12-15(17)3/h7-13,16,18H,6H2,1-5H3,(H,22,23)/t16-,18+/m0/s1. The van der Waals surface area contributed by atoms with Crippen LogP contribution in [0.15, 0.2) is 42.5 Å². The van der Waals surface area contributed by atoms with Crippen LogP contribution in [0.2, 0.25) is 0 Å². The number of carbonyl (C=O) groups excluding carboxylic acids is 1. The SMILES string of the molecule is CC[C@@H](Oc1ccccc1OC)C(=O)N[C@@H](C)c1cc(C)ccc1C. The molecule has 2 atom stereocenters. The van der Waals surface area contributed by atoms with Crippen molar-refractivity contribution in [2.45, 2.75) is 46.3 Å². The van der Waals surface area contributed by atoms with E-state index in [2.05, 4.69) is 37.4 Å². The Kier molecular flexibility index (Phi) is 6.45. The molecule has 0 radical (unpaired) electrons. The number of benzene rings is 2. The summed E-state index contributed by atoms with van der Waals surface area (Å²) in [6.45, 7) is 8.04. The van der Waals surface area contributed by atoms with E-state index < -0.39 is 6.10 Å². The summed E-state index contributed by atoms with van der Waals surface area (Å²) in [5.41, 5.74) is 3.47. The molecule has 0 unspecified atom stereocenters. The molecule has 2 rings (SSSR count). The second-order valence-electron chi connectivity index (χ2n) is 6.26. The highest BCUT2D eigenvalue weighted by Gasteiger charge is 2.22. The third-order valence-corrected chi connectivity index (χ3v) is 4.26. The normalized spacial score (nSPS) is 13.0. The summed E-state index contributed by atoms with van der Waals surface area (Å²) in [7, 11) is 1.59. The number of hydrogen-bond donors (Lipinski definition) is 1. The predicted molar refractivity (Wildman–Crippen MR) is 100 cm³/mol. The zero-order valence-electron chi connectivity index (χ0n) is 15.6. The Balaban J connectivity index is 2.10. The van der Waals surface area contributed by atoms with Crippen LogP contribution in [0.1, 0.15) is 43.0 Å². The number of hydrogen-bond acceptors (Lipinski definition) is 3. The first-order valence-corrected chi connectivity index (χ1v) is 8.63. The molecule has 0 aliphatic carbocycles. The van der Waals surface area contributed by atoms with Crippen molar-refractivity contribution in [2.24, 2.45) is 0 Å². The minimum absolute atomic E-state index is 0.0808. The number of ether oxygens (including phenoxy) is 2. The number of rotatable bonds is 7. The van der Waals surface area contributed by atoms with Crippen LogP contribution >= 0.6 is 0 Å². The Hall–Kier alpha value is -2.49. The maximum atomic E-state index is 12.7. The summed E-state index contributed by atoms with van der Waals surface area (Å²) < 4.78 is 11.2. The number of methoxy groups -OCH3 is 1. The zero-order chi connectivity index (χ0) is 18.4. The molecule has 134 valence electrons. The van der Waals surface area contributed by atoms with Gasteiger partial charge in [0, 0.05) is 0 Å². The fourth-order valence-corrected chi connectivity index (χ4v) is 2.80. The van der Waals surface area contributed by atoms with Crippen LogP contribution in [0.3, 0.4) is 0 Å². The van der Waals surface area contributed by atoms with Crippen LogP contribution in [0.4, 0.5) is 0 Å². The highest BCUT2D eigenvalue weighted by Crippen LogP contribution is 2.27. The highest BCUT2D eigenvalue weighted by atomic mass is 16.5. The highest BCUT2D eigenvalue weighted by molar-refractivity contribution is 5.81. The van der Waals surface area contributed by atoms with Gasteiger partial charge in [-0.3, -0.25) is 4.79 Å². The maximum absolute atomic E-state index is 12.7. The second kappa shape index (κ2) is 8.56. The summed E-state index contributed by atoms with van der Waals surface area (Å²) in [6, 6.07) is 13.5. The maximum Gasteiger partial charge on any atom is 0.261 e. The van der Waals surface area contributed by atoms with Gasteiger partial charge in [0.1, 0.15) is 0 Å². The monoisotopic (exact) mass is 341 g/mol. The molecule has 0 saturated carbocycles. The van der Waals surface area contributed by atoms with Gasteiger partial charge >= 0.3 is 0 Å². The second-order valence-corrected chi connectivity index (χ2v) is 6.26. The van der Waals surface area contributed by atoms with Gasteiger partial charge in [0.05, 0.1) is 13.2 Å². The lowest BCUT2D eigenvalue weighted by atomic mass is 10.00. The van der Waals surface area contributed by atoms with Gasteiger partial charge in [0.25, 0.3) is 5.91 Å². The summed E-state index contributed by atoms with van der Waals surface area (Å²) in [4.78, 5) is 12.7. The first-order chi connectivity index (χ1) is 12.0. The van der Waals surface area contributed by atoms with E-state index in [0.29, 0.717) is 17.9 Å². The largest absolute Gasteiger partial charge is 0.493 e. The number of aryl methyl sites for hydroxylation is 2. The molecule has 0 fully saturated rings. The minimum Gasteiger partial charge on any atom is -0.493 e. The van der Waals surface area contributed by atoms with Crippen LogP contribution in [0, 0.1) is 13.8 Å². The van der Waals surface area contributed by atoms with Crippen LogP contribution in [-0.4, -0.2) is 19.1 Å². The molecule has 0 spiro atoms. The van der Waals surface area contributed by atoms with E-state index in [9.17, 15) is 4.79 Å². The topological polar surface area (TPSA) is 47.6 Å². The van der Waals surface area contributed by atoms with E-state index in [-0.39, 0.29) is 11.9 Å². The molecular formula is C21H27NO3. The predicted octanol–water partition coefficient (Wildman–Crippen LogP) is 4.35. The minimum atomic E-state index is -0.566. The van der Waals surface area contributed by atoms with Crippen LogP contribution in [-0.2, 0) is 4.79 Å². The molecule has 2 aromatic carbocycles. The van der Waals surface area contributed by atoms with Crippen molar-refractivity contribution in [2.75, 3.05) is 7.11 Å². The van der Waals surface area contributed by atoms with Crippen molar-refractivity contribution in [3.8, 4) is 11.5 Å². The molecule has 25 heavy (non-hydrogen) atoms. The molecule has 2 aromatic rings. The molecule has 1 amide bonds. The molecule has 0 aliphatic heterocycles. The molecule has 4 nitrogen and oxygen atoms in total. The number of nitrogens with one attached hydrogen (secondary N) is 1. The van der Waals surface area contributed by atoms with Crippen molar-refractivity contribution in [1.82, 2.24) is 5.32 Å². The van der Waals surface area contributed by atoms with E-state index in [4.69, 9.17) is 9.47 Å². The fourth-order valence-electron chi connectivity index (χ4n) is 2.80. The van der Waals surface area contributed by atoms with E-state index in [0.717, 1.165) is 11.1 Å². The Bertz CT molecular complexity index is 727. The molecule has 0 heterocycles. The number of amides is 1. The van der Waals surface area contributed by atoms with Crippen molar-refractivity contribution in [1.29, 1.82) is 0 Å². The molecular weight excluding hydrogens is 314 g/mol. The van der Waals surface area contributed by atoms with Crippen molar-refractivity contribution < 1.29 is 14.3 Å². The van der Waals surface area contributed by atoms with Gasteiger partial charge in [-0.15, -0.1) is 0 Å². The lowest BCUT2D eigenvalue weighted by Crippen LogP contribution is -2.39. The quantitative estimate of drug-likeness (QED) is 0.814. The van der Waals surface area contributed by atoms with Gasteiger partial charge < -0.3 is 14.8 Å². The number of para-hydroxylation sites is 2. The lowest BCUT2D eigenvalue weighted by Gasteiger charge is -2.22. The summed E-state index contributed by atoms with van der Waals surface area (Å²) in [5.74, 6) is 1.07. The molecule has 0 aromatic heterocycles. The first-order valence-electron chi connectivity index (χ1n) is 8.63. The first kappa shape index (κ1) is 18.8. The van der Waals surface area contributed by atoms with Crippen LogP contribution in [0.5, 0.6) is 11.5 Å². The summed E-state index contributed by atoms with van der Waals surface area (Å²) in [6.07, 6.45) is 0.00695. The molecule has 0 bridgehead atoms. The lowest BCUT2D eigenvalue weighted by molar-refractivity contribution is -0.128. The Labute approximate surface area is 150 Å². The van der Waals surface area contributed by atoms with Gasteiger partial charge in [-0.1, -0.05) is 42.8 Å². The van der Waals surface area contributed by atoms with Crippen LogP contribution < -0.4 is 14.8 Å². The van der Waals surface area contributed by atoms with E-state index in [1.54, 1.807) is 7.11 Å². The third-order valence-electron chi connectivity index (χ3n) is 4.26. The van der Waals surface area contributed by atoms with Crippen LogP contribution in [0.25, 0.3) is 0 Å². The zero-order valence-corrected chi connectivity index (χ0v) is 15.6. The molecule has 0 saturated heterocycles. The third kappa shape index (κ3) is 4.75. The summed E-state index contributed by atoms with van der Waals surface area (Å²) >= 11 is 0. The van der Waals surface area contributed by atoms with Crippen molar-refractivity contribution >= 4 is 5.91 Å². The van der Waals surface area contributed by atoms with Crippen molar-refractivity contribution in [3.63, 3.8) is 0 Å². The average Bonchev–Trinajstić information content (AvgIpc) is 2.61. The van der Waals surface area contributed by atoms with Gasteiger partial charge in [0.15, 0.2) is 17.6 Å². The van der Waals surface area contributed by atoms with Gasteiger partial charge in [0.2, 0.25) is 0 Å².